The summed E-state index contributed by atoms with van der Waals surface area (Å²) in [6.07, 6.45) is 0.370. The molecule has 26 heavy (non-hydrogen) atoms. The number of benzene rings is 1. The van der Waals surface area contributed by atoms with Gasteiger partial charge in [-0.25, -0.2) is 0 Å². The van der Waals surface area contributed by atoms with Gasteiger partial charge >= 0.3 is 6.18 Å². The van der Waals surface area contributed by atoms with Crippen LogP contribution in [0.1, 0.15) is 30.4 Å². The molecule has 0 radical (unpaired) electrons. The molecule has 140 valence electrons. The number of fused-ring (bicyclic) bond motifs is 3. The molecule has 0 heterocycles. The molecular formula is C19H20F3NO3. The molecule has 7 heteroatoms. The Morgan fingerprint density at radius 2 is 2.08 bits per heavy atom. The van der Waals surface area contributed by atoms with Crippen LogP contribution in [-0.2, 0) is 15.1 Å². The van der Waals surface area contributed by atoms with E-state index in [9.17, 15) is 23.1 Å². The molecule has 0 bridgehead atoms. The maximum absolute atomic E-state index is 13.8. The van der Waals surface area contributed by atoms with Crippen LogP contribution in [0.25, 0.3) is 0 Å². The molecular weight excluding hydrogens is 347 g/mol. The molecule has 0 aliphatic heterocycles. The van der Waals surface area contributed by atoms with E-state index in [1.54, 1.807) is 24.3 Å². The molecule has 0 spiro atoms. The van der Waals surface area contributed by atoms with E-state index < -0.39 is 23.6 Å². The highest BCUT2D eigenvalue weighted by atomic mass is 19.4. The zero-order valence-electron chi connectivity index (χ0n) is 14.2. The minimum atomic E-state index is -4.80. The Morgan fingerprint density at radius 1 is 1.35 bits per heavy atom. The Kier molecular flexibility index (Phi) is 4.84. The van der Waals surface area contributed by atoms with Crippen molar-refractivity contribution in [2.45, 2.75) is 31.0 Å². The van der Waals surface area contributed by atoms with Gasteiger partial charge in [-0.2, -0.15) is 13.2 Å². The zero-order chi connectivity index (χ0) is 18.9. The third-order valence-corrected chi connectivity index (χ3v) is 4.81. The highest BCUT2D eigenvalue weighted by Gasteiger charge is 2.65. The lowest BCUT2D eigenvalue weighted by molar-refractivity contribution is -0.278. The molecule has 0 aromatic heterocycles. The summed E-state index contributed by atoms with van der Waals surface area (Å²) in [6, 6.07) is 6.12. The molecule has 2 N–H and O–H groups in total. The molecule has 0 saturated carbocycles. The van der Waals surface area contributed by atoms with Gasteiger partial charge in [-0.15, -0.1) is 0 Å². The fourth-order valence-electron chi connectivity index (χ4n) is 3.61. The number of hydrogen-bond acceptors (Lipinski definition) is 3. The molecule has 0 saturated heterocycles. The summed E-state index contributed by atoms with van der Waals surface area (Å²) in [6.45, 7) is 2.09. The summed E-state index contributed by atoms with van der Waals surface area (Å²) in [4.78, 5) is 10.8. The van der Waals surface area contributed by atoms with Gasteiger partial charge in [0, 0.05) is 25.3 Å². The largest absolute Gasteiger partial charge is 0.494 e. The van der Waals surface area contributed by atoms with Gasteiger partial charge in [0.05, 0.1) is 6.61 Å². The van der Waals surface area contributed by atoms with E-state index in [-0.39, 0.29) is 18.1 Å². The van der Waals surface area contributed by atoms with Crippen LogP contribution in [0, 0.1) is 5.92 Å². The summed E-state index contributed by atoms with van der Waals surface area (Å²) < 4.78 is 46.8. The number of nitrogens with one attached hydrogen (secondary N) is 1. The number of alkyl halides is 3. The molecule has 3 unspecified atom stereocenters. The van der Waals surface area contributed by atoms with Crippen molar-refractivity contribution in [2.75, 3.05) is 13.2 Å². The fourth-order valence-corrected chi connectivity index (χ4v) is 3.61. The number of amides is 1. The van der Waals surface area contributed by atoms with E-state index in [1.165, 1.54) is 25.1 Å². The molecule has 1 aromatic rings. The minimum Gasteiger partial charge on any atom is -0.494 e. The van der Waals surface area contributed by atoms with E-state index >= 15 is 0 Å². The second kappa shape index (κ2) is 6.79. The van der Waals surface area contributed by atoms with Gasteiger partial charge in [-0.3, -0.25) is 4.79 Å². The number of aliphatic hydroxyl groups is 1. The third-order valence-electron chi connectivity index (χ3n) is 4.81. The topological polar surface area (TPSA) is 58.6 Å². The third kappa shape index (κ3) is 3.11. The van der Waals surface area contributed by atoms with Crippen LogP contribution in [0.15, 0.2) is 48.3 Å². The van der Waals surface area contributed by atoms with E-state index in [4.69, 9.17) is 4.74 Å². The van der Waals surface area contributed by atoms with E-state index in [0.29, 0.717) is 24.3 Å². The molecule has 3 atom stereocenters. The Bertz CT molecular complexity index is 757. The highest BCUT2D eigenvalue weighted by molar-refractivity contribution is 5.72. The van der Waals surface area contributed by atoms with Crippen LogP contribution in [0.5, 0.6) is 0 Å². The van der Waals surface area contributed by atoms with E-state index in [0.717, 1.165) is 0 Å². The number of carbonyl (C=O) groups is 1. The molecule has 4 nitrogen and oxygen atoms in total. The van der Waals surface area contributed by atoms with Gasteiger partial charge in [0.2, 0.25) is 5.91 Å². The first-order valence-corrected chi connectivity index (χ1v) is 8.41. The highest BCUT2D eigenvalue weighted by Crippen LogP contribution is 2.58. The zero-order valence-corrected chi connectivity index (χ0v) is 14.2. The molecule has 2 aliphatic rings. The smallest absolute Gasteiger partial charge is 0.422 e. The lowest BCUT2D eigenvalue weighted by atomic mass is 9.80. The maximum Gasteiger partial charge on any atom is 0.422 e. The van der Waals surface area contributed by atoms with Gasteiger partial charge in [0.25, 0.3) is 0 Å². The van der Waals surface area contributed by atoms with Crippen molar-refractivity contribution in [3.8, 4) is 0 Å². The summed E-state index contributed by atoms with van der Waals surface area (Å²) in [5, 5.41) is 13.3. The number of halogens is 3. The van der Waals surface area contributed by atoms with Crippen LogP contribution in [0.2, 0.25) is 0 Å². The van der Waals surface area contributed by atoms with Gasteiger partial charge in [-0.05, 0) is 29.7 Å². The number of allylic oxidation sites excluding steroid dienone is 2. The second-order valence-electron chi connectivity index (χ2n) is 6.52. The molecule has 0 fully saturated rings. The maximum atomic E-state index is 13.8. The van der Waals surface area contributed by atoms with Crippen LogP contribution < -0.4 is 5.32 Å². The Balaban J connectivity index is 1.80. The Morgan fingerprint density at radius 3 is 2.77 bits per heavy atom. The number of hydrogen-bond donors (Lipinski definition) is 2. The van der Waals surface area contributed by atoms with E-state index in [2.05, 4.69) is 5.32 Å². The Hall–Kier alpha value is -2.28. The summed E-state index contributed by atoms with van der Waals surface area (Å²) in [5.41, 5.74) is -2.56. The average Bonchev–Trinajstić information content (AvgIpc) is 2.85. The molecule has 3 rings (SSSR count). The number of rotatable bonds is 5. The normalized spacial score (nSPS) is 26.7. The van der Waals surface area contributed by atoms with Gasteiger partial charge in [-0.1, -0.05) is 30.3 Å². The quantitative estimate of drug-likeness (QED) is 0.786. The standard InChI is InChI=1S/C19H20F3NO3/c1-12(24)23-9-4-10-26-13-7-8-15-14-5-2-3-6-16(14)18(25,17(15)11-13)19(20,21)22/h2-3,5-8,11,15,17,25H,4,9-10H2,1H3,(H,23,24). The summed E-state index contributed by atoms with van der Waals surface area (Å²) >= 11 is 0. The minimum absolute atomic E-state index is 0.102. The van der Waals surface area contributed by atoms with Gasteiger partial charge < -0.3 is 15.2 Å². The molecule has 1 amide bonds. The summed E-state index contributed by atoms with van der Waals surface area (Å²) in [5.74, 6) is -1.58. The Labute approximate surface area is 149 Å². The van der Waals surface area contributed by atoms with Crippen molar-refractivity contribution in [2.24, 2.45) is 5.92 Å². The van der Waals surface area contributed by atoms with Crippen LogP contribution in [-0.4, -0.2) is 30.3 Å². The first-order chi connectivity index (χ1) is 12.2. The van der Waals surface area contributed by atoms with Crippen LogP contribution >= 0.6 is 0 Å². The number of carbonyl (C=O) groups excluding carboxylic acids is 1. The van der Waals surface area contributed by atoms with Crippen LogP contribution in [0.4, 0.5) is 13.2 Å². The van der Waals surface area contributed by atoms with Crippen molar-refractivity contribution in [1.82, 2.24) is 5.32 Å². The van der Waals surface area contributed by atoms with Crippen molar-refractivity contribution < 1.29 is 27.8 Å². The SMILES string of the molecule is CC(=O)NCCCOC1=CC2C(C=C1)c1ccccc1C2(O)C(F)(F)F. The lowest BCUT2D eigenvalue weighted by Crippen LogP contribution is -2.46. The van der Waals surface area contributed by atoms with Crippen molar-refractivity contribution in [3.05, 3.63) is 59.4 Å². The fraction of sp³-hybridized carbons (Fsp3) is 0.421. The van der Waals surface area contributed by atoms with Gasteiger partial charge in [0.15, 0.2) is 5.60 Å². The first-order valence-electron chi connectivity index (χ1n) is 8.41. The molecule has 1 aromatic carbocycles. The summed E-state index contributed by atoms with van der Waals surface area (Å²) in [7, 11) is 0. The first kappa shape index (κ1) is 18.5. The average molecular weight is 367 g/mol. The van der Waals surface area contributed by atoms with E-state index in [1.807, 2.05) is 0 Å². The second-order valence-corrected chi connectivity index (χ2v) is 6.52. The van der Waals surface area contributed by atoms with Crippen LogP contribution in [0.3, 0.4) is 0 Å². The monoisotopic (exact) mass is 367 g/mol. The lowest BCUT2D eigenvalue weighted by Gasteiger charge is -2.34. The predicted molar refractivity (Wildman–Crippen MR) is 89.1 cm³/mol. The number of ether oxygens (including phenoxy) is 1. The van der Waals surface area contributed by atoms with Gasteiger partial charge in [0.1, 0.15) is 5.76 Å². The van der Waals surface area contributed by atoms with Crippen molar-refractivity contribution >= 4 is 5.91 Å². The predicted octanol–water partition coefficient (Wildman–Crippen LogP) is 3.15. The van der Waals surface area contributed by atoms with Crippen molar-refractivity contribution in [1.29, 1.82) is 0 Å². The molecule has 2 aliphatic carbocycles. The van der Waals surface area contributed by atoms with Crippen molar-refractivity contribution in [3.63, 3.8) is 0 Å².